The number of hydrogen-bond donors (Lipinski definition) is 0. The van der Waals surface area contributed by atoms with Crippen LogP contribution in [0.25, 0.3) is 77.6 Å². The summed E-state index contributed by atoms with van der Waals surface area (Å²) in [6.07, 6.45) is 7.30. The molecular formula is C45H28N6O. The van der Waals surface area contributed by atoms with Crippen molar-refractivity contribution in [2.45, 2.75) is 0 Å². The van der Waals surface area contributed by atoms with E-state index in [1.165, 1.54) is 0 Å². The topological polar surface area (TPSA) is 80.8 Å². The van der Waals surface area contributed by atoms with E-state index in [2.05, 4.69) is 128 Å². The van der Waals surface area contributed by atoms with Gasteiger partial charge in [0.05, 0.1) is 5.69 Å². The minimum Gasteiger partial charge on any atom is -0.438 e. The summed E-state index contributed by atoms with van der Waals surface area (Å²) in [6, 6.07) is 50.1. The maximum absolute atomic E-state index is 6.08. The first kappa shape index (κ1) is 29.6. The average Bonchev–Trinajstić information content (AvgIpc) is 3.59. The fourth-order valence-electron chi connectivity index (χ4n) is 6.85. The van der Waals surface area contributed by atoms with E-state index in [9.17, 15) is 0 Å². The van der Waals surface area contributed by atoms with Gasteiger partial charge in [0.15, 0.2) is 11.3 Å². The molecule has 0 fully saturated rings. The van der Waals surface area contributed by atoms with Gasteiger partial charge < -0.3 is 9.32 Å². The van der Waals surface area contributed by atoms with Gasteiger partial charge in [-0.1, -0.05) is 54.6 Å². The number of hydrogen-bond acceptors (Lipinski definition) is 7. The summed E-state index contributed by atoms with van der Waals surface area (Å²) < 4.78 is 6.08. The quantitative estimate of drug-likeness (QED) is 0.174. The van der Waals surface area contributed by atoms with Crippen molar-refractivity contribution in [3.05, 3.63) is 170 Å². The lowest BCUT2D eigenvalue weighted by molar-refractivity contribution is 0.654. The monoisotopic (exact) mass is 668 g/mol. The molecular weight excluding hydrogens is 641 g/mol. The summed E-state index contributed by atoms with van der Waals surface area (Å²) >= 11 is 0. The second-order valence-electron chi connectivity index (χ2n) is 12.7. The second kappa shape index (κ2) is 12.3. The lowest BCUT2D eigenvalue weighted by atomic mass is 10.0. The SMILES string of the molecule is c1cnc2ncc(-c3ccc(N(c4ccc(-c5cnc6ncccc6c5)cc4)c4ccc(-c5ccc6c(n5)oc5ccccc56)cc4)cc3)cc2c1. The molecule has 4 aromatic carbocycles. The van der Waals surface area contributed by atoms with E-state index in [-0.39, 0.29) is 0 Å². The number of fused-ring (bicyclic) bond motifs is 5. The molecule has 0 unspecified atom stereocenters. The van der Waals surface area contributed by atoms with Crippen LogP contribution in [0.15, 0.2) is 175 Å². The number of aromatic nitrogens is 5. The summed E-state index contributed by atoms with van der Waals surface area (Å²) in [5, 5.41) is 4.11. The summed E-state index contributed by atoms with van der Waals surface area (Å²) in [5.74, 6) is 0. The Balaban J connectivity index is 1.02. The van der Waals surface area contributed by atoms with Crippen molar-refractivity contribution in [3.8, 4) is 33.5 Å². The van der Waals surface area contributed by atoms with E-state index >= 15 is 0 Å². The fraction of sp³-hybridized carbons (Fsp3) is 0. The number of furan rings is 1. The Morgan fingerprint density at radius 3 is 1.54 bits per heavy atom. The van der Waals surface area contributed by atoms with Gasteiger partial charge >= 0.3 is 0 Å². The highest BCUT2D eigenvalue weighted by Gasteiger charge is 2.15. The van der Waals surface area contributed by atoms with Gasteiger partial charge in [0, 0.05) is 80.1 Å². The van der Waals surface area contributed by atoms with Crippen molar-refractivity contribution in [2.75, 3.05) is 4.90 Å². The van der Waals surface area contributed by atoms with Crippen LogP contribution in [0.4, 0.5) is 17.1 Å². The molecule has 244 valence electrons. The lowest BCUT2D eigenvalue weighted by Gasteiger charge is -2.26. The molecule has 0 spiro atoms. The second-order valence-corrected chi connectivity index (χ2v) is 12.7. The Kier molecular flexibility index (Phi) is 6.99. The van der Waals surface area contributed by atoms with Gasteiger partial charge in [-0.3, -0.25) is 0 Å². The molecule has 0 atom stereocenters. The standard InChI is InChI=1S/C45H28N6O/c1-2-8-42-39(7-1)40-21-22-41(50-45(40)52-42)31-13-19-38(20-14-31)51(36-15-9-29(10-16-36)34-25-32-5-3-23-46-43(32)48-27-34)37-17-11-30(12-18-37)35-26-33-6-4-24-47-44(33)49-28-35/h1-28H. The predicted octanol–water partition coefficient (Wildman–Crippen LogP) is 11.3. The van der Waals surface area contributed by atoms with E-state index < -0.39 is 0 Å². The van der Waals surface area contributed by atoms with E-state index in [4.69, 9.17) is 9.40 Å². The van der Waals surface area contributed by atoms with Crippen LogP contribution in [0.5, 0.6) is 0 Å². The molecule has 0 aliphatic heterocycles. The Hall–Kier alpha value is -7.25. The molecule has 0 bridgehead atoms. The van der Waals surface area contributed by atoms with Crippen LogP contribution >= 0.6 is 0 Å². The average molecular weight is 669 g/mol. The third-order valence-corrected chi connectivity index (χ3v) is 9.49. The maximum Gasteiger partial charge on any atom is 0.227 e. The van der Waals surface area contributed by atoms with Gasteiger partial charge in [-0.25, -0.2) is 24.9 Å². The van der Waals surface area contributed by atoms with Crippen LogP contribution in [-0.4, -0.2) is 24.9 Å². The smallest absolute Gasteiger partial charge is 0.227 e. The highest BCUT2D eigenvalue weighted by atomic mass is 16.3. The van der Waals surface area contributed by atoms with Gasteiger partial charge in [-0.2, -0.15) is 0 Å². The van der Waals surface area contributed by atoms with E-state index in [0.717, 1.165) is 89.0 Å². The Morgan fingerprint density at radius 1 is 0.423 bits per heavy atom. The molecule has 10 aromatic rings. The first-order valence-corrected chi connectivity index (χ1v) is 17.0. The first-order valence-electron chi connectivity index (χ1n) is 17.0. The minimum atomic E-state index is 0.639. The zero-order valence-corrected chi connectivity index (χ0v) is 27.8. The number of nitrogens with zero attached hydrogens (tertiary/aromatic N) is 6. The van der Waals surface area contributed by atoms with Crippen LogP contribution in [0.2, 0.25) is 0 Å². The Bertz CT molecular complexity index is 2780. The van der Waals surface area contributed by atoms with Gasteiger partial charge in [-0.15, -0.1) is 0 Å². The third kappa shape index (κ3) is 5.28. The van der Waals surface area contributed by atoms with Gasteiger partial charge in [0.1, 0.15) is 5.58 Å². The molecule has 0 saturated carbocycles. The number of pyridine rings is 5. The molecule has 0 aliphatic rings. The zero-order valence-electron chi connectivity index (χ0n) is 27.8. The van der Waals surface area contributed by atoms with Crippen LogP contribution in [0.1, 0.15) is 0 Å². The molecule has 52 heavy (non-hydrogen) atoms. The van der Waals surface area contributed by atoms with Crippen LogP contribution in [-0.2, 0) is 0 Å². The maximum atomic E-state index is 6.08. The van der Waals surface area contributed by atoms with Crippen molar-refractivity contribution in [3.63, 3.8) is 0 Å². The molecule has 6 aromatic heterocycles. The molecule has 10 rings (SSSR count). The number of para-hydroxylation sites is 1. The molecule has 6 heterocycles. The van der Waals surface area contributed by atoms with Crippen molar-refractivity contribution in [1.82, 2.24) is 24.9 Å². The zero-order chi connectivity index (χ0) is 34.4. The van der Waals surface area contributed by atoms with E-state index in [1.54, 1.807) is 12.4 Å². The van der Waals surface area contributed by atoms with Crippen molar-refractivity contribution in [1.29, 1.82) is 0 Å². The molecule has 0 saturated heterocycles. The molecule has 0 amide bonds. The largest absolute Gasteiger partial charge is 0.438 e. The number of anilines is 3. The van der Waals surface area contributed by atoms with E-state index in [1.807, 2.05) is 54.9 Å². The number of benzene rings is 4. The Labute approximate surface area is 298 Å². The van der Waals surface area contributed by atoms with Crippen molar-refractivity contribution < 1.29 is 4.42 Å². The molecule has 0 aliphatic carbocycles. The third-order valence-electron chi connectivity index (χ3n) is 9.49. The van der Waals surface area contributed by atoms with Crippen LogP contribution < -0.4 is 4.90 Å². The lowest BCUT2D eigenvalue weighted by Crippen LogP contribution is -2.09. The summed E-state index contributed by atoms with van der Waals surface area (Å²) in [6.45, 7) is 0. The highest BCUT2D eigenvalue weighted by molar-refractivity contribution is 6.04. The fourth-order valence-corrected chi connectivity index (χ4v) is 6.85. The van der Waals surface area contributed by atoms with Gasteiger partial charge in [-0.05, 0) is 102 Å². The van der Waals surface area contributed by atoms with Crippen LogP contribution in [0.3, 0.4) is 0 Å². The minimum absolute atomic E-state index is 0.639. The number of rotatable bonds is 6. The van der Waals surface area contributed by atoms with Crippen LogP contribution in [0, 0.1) is 0 Å². The summed E-state index contributed by atoms with van der Waals surface area (Å²) in [5.41, 5.74) is 12.1. The van der Waals surface area contributed by atoms with Crippen molar-refractivity contribution in [2.24, 2.45) is 0 Å². The molecule has 7 heteroatoms. The predicted molar refractivity (Wildman–Crippen MR) is 209 cm³/mol. The normalized spacial score (nSPS) is 11.5. The van der Waals surface area contributed by atoms with E-state index in [0.29, 0.717) is 5.71 Å². The Morgan fingerprint density at radius 2 is 0.962 bits per heavy atom. The summed E-state index contributed by atoms with van der Waals surface area (Å²) in [7, 11) is 0. The summed E-state index contributed by atoms with van der Waals surface area (Å²) in [4.78, 5) is 25.1. The highest BCUT2D eigenvalue weighted by Crippen LogP contribution is 2.38. The molecule has 0 N–H and O–H groups in total. The molecule has 0 radical (unpaired) electrons. The van der Waals surface area contributed by atoms with Crippen molar-refractivity contribution >= 4 is 61.2 Å². The molecule has 7 nitrogen and oxygen atoms in total. The van der Waals surface area contributed by atoms with Gasteiger partial charge in [0.25, 0.3) is 0 Å². The first-order chi connectivity index (χ1) is 25.7. The van der Waals surface area contributed by atoms with Gasteiger partial charge in [0.2, 0.25) is 5.71 Å².